The summed E-state index contributed by atoms with van der Waals surface area (Å²) in [6, 6.07) is 1.52. The van der Waals surface area contributed by atoms with E-state index >= 15 is 0 Å². The minimum absolute atomic E-state index is 0.0144. The van der Waals surface area contributed by atoms with Gasteiger partial charge < -0.3 is 14.6 Å². The minimum Gasteiger partial charge on any atom is -0.455 e. The second-order valence-corrected chi connectivity index (χ2v) is 7.92. The number of carbonyl (C=O) groups excluding carboxylic acids is 1. The van der Waals surface area contributed by atoms with Crippen LogP contribution in [0.15, 0.2) is 15.4 Å². The highest BCUT2D eigenvalue weighted by molar-refractivity contribution is 7.89. The molecule has 2 atom stereocenters. The molecular weight excluding hydrogens is 306 g/mol. The first kappa shape index (κ1) is 17.0. The van der Waals surface area contributed by atoms with Crippen molar-refractivity contribution in [3.8, 4) is 0 Å². The fourth-order valence-corrected chi connectivity index (χ4v) is 3.56. The van der Waals surface area contributed by atoms with E-state index in [1.165, 1.54) is 20.2 Å². The Morgan fingerprint density at radius 3 is 2.64 bits per heavy atom. The van der Waals surface area contributed by atoms with Gasteiger partial charge in [-0.25, -0.2) is 12.7 Å². The average Bonchev–Trinajstić information content (AvgIpc) is 2.83. The van der Waals surface area contributed by atoms with Gasteiger partial charge in [-0.15, -0.1) is 0 Å². The highest BCUT2D eigenvalue weighted by Crippen LogP contribution is 2.24. The molecule has 1 aromatic rings. The van der Waals surface area contributed by atoms with Crippen molar-refractivity contribution in [2.75, 3.05) is 27.2 Å². The normalized spacial score (nSPS) is 23.1. The summed E-state index contributed by atoms with van der Waals surface area (Å²) in [7, 11) is -0.723. The molecule has 8 heteroatoms. The summed E-state index contributed by atoms with van der Waals surface area (Å²) in [6.07, 6.45) is 0. The molecule has 0 saturated carbocycles. The molecule has 1 aliphatic heterocycles. The molecule has 22 heavy (non-hydrogen) atoms. The highest BCUT2D eigenvalue weighted by atomic mass is 32.2. The lowest BCUT2D eigenvalue weighted by molar-refractivity contribution is 0.0569. The predicted molar refractivity (Wildman–Crippen MR) is 82.3 cm³/mol. The van der Waals surface area contributed by atoms with Crippen molar-refractivity contribution in [3.63, 3.8) is 0 Å². The van der Waals surface area contributed by atoms with Crippen LogP contribution in [0, 0.1) is 6.92 Å². The zero-order valence-corrected chi connectivity index (χ0v) is 14.4. The number of hydrogen-bond donors (Lipinski definition) is 1. The summed E-state index contributed by atoms with van der Waals surface area (Å²) in [5.41, 5.74) is 0. The van der Waals surface area contributed by atoms with Gasteiger partial charge in [-0.3, -0.25) is 4.79 Å². The van der Waals surface area contributed by atoms with Gasteiger partial charge in [-0.05, 0) is 20.8 Å². The Labute approximate surface area is 131 Å². The van der Waals surface area contributed by atoms with Gasteiger partial charge in [-0.1, -0.05) is 0 Å². The van der Waals surface area contributed by atoms with E-state index in [1.54, 1.807) is 11.8 Å². The molecule has 124 valence electrons. The van der Waals surface area contributed by atoms with Gasteiger partial charge in [0, 0.05) is 45.3 Å². The molecule has 2 unspecified atom stereocenters. The number of piperazine rings is 1. The van der Waals surface area contributed by atoms with Gasteiger partial charge in [0.05, 0.1) is 0 Å². The molecule has 0 aromatic carbocycles. The fraction of sp³-hybridized carbons (Fsp3) is 0.643. The summed E-state index contributed by atoms with van der Waals surface area (Å²) in [5.74, 6) is 0.0240. The Morgan fingerprint density at radius 2 is 2.05 bits per heavy atom. The van der Waals surface area contributed by atoms with E-state index < -0.39 is 10.0 Å². The number of rotatable bonds is 3. The average molecular weight is 329 g/mol. The Morgan fingerprint density at radius 1 is 1.41 bits per heavy atom. The third-order valence-electron chi connectivity index (χ3n) is 4.14. The summed E-state index contributed by atoms with van der Waals surface area (Å²) in [6.45, 7) is 6.80. The van der Waals surface area contributed by atoms with Crippen molar-refractivity contribution in [2.24, 2.45) is 0 Å². The highest BCUT2D eigenvalue weighted by Gasteiger charge is 2.32. The van der Waals surface area contributed by atoms with Gasteiger partial charge in [0.2, 0.25) is 10.0 Å². The van der Waals surface area contributed by atoms with E-state index in [2.05, 4.69) is 5.32 Å². The first-order valence-electron chi connectivity index (χ1n) is 7.23. The maximum Gasteiger partial charge on any atom is 0.289 e. The van der Waals surface area contributed by atoms with Crippen LogP contribution in [0.25, 0.3) is 0 Å². The van der Waals surface area contributed by atoms with Crippen LogP contribution in [0.4, 0.5) is 0 Å². The van der Waals surface area contributed by atoms with Crippen molar-refractivity contribution in [1.29, 1.82) is 0 Å². The van der Waals surface area contributed by atoms with Crippen molar-refractivity contribution in [1.82, 2.24) is 14.5 Å². The maximum absolute atomic E-state index is 12.6. The van der Waals surface area contributed by atoms with Gasteiger partial charge in [0.1, 0.15) is 10.7 Å². The van der Waals surface area contributed by atoms with E-state index in [0.717, 1.165) is 4.31 Å². The van der Waals surface area contributed by atoms with Crippen LogP contribution >= 0.6 is 0 Å². The van der Waals surface area contributed by atoms with E-state index in [1.807, 2.05) is 13.8 Å². The number of amides is 1. The predicted octanol–water partition coefficient (Wildman–Crippen LogP) is 0.661. The van der Waals surface area contributed by atoms with Crippen LogP contribution in [-0.2, 0) is 10.0 Å². The first-order chi connectivity index (χ1) is 10.2. The van der Waals surface area contributed by atoms with E-state index in [4.69, 9.17) is 4.42 Å². The number of nitrogens with one attached hydrogen (secondary N) is 1. The quantitative estimate of drug-likeness (QED) is 0.881. The third kappa shape index (κ3) is 2.90. The second kappa shape index (κ2) is 6.02. The lowest BCUT2D eigenvalue weighted by Gasteiger charge is -2.38. The van der Waals surface area contributed by atoms with Gasteiger partial charge in [0.15, 0.2) is 5.76 Å². The molecular formula is C14H23N3O4S. The Hall–Kier alpha value is -1.38. The fourth-order valence-electron chi connectivity index (χ4n) is 2.51. The Bertz CT molecular complexity index is 666. The molecule has 2 heterocycles. The molecule has 7 nitrogen and oxygen atoms in total. The molecule has 0 spiro atoms. The van der Waals surface area contributed by atoms with Crippen molar-refractivity contribution < 1.29 is 17.6 Å². The lowest BCUT2D eigenvalue weighted by atomic mass is 10.1. The number of carbonyl (C=O) groups is 1. The Kier molecular flexibility index (Phi) is 4.65. The molecule has 1 aliphatic rings. The van der Waals surface area contributed by atoms with Crippen LogP contribution in [0.2, 0.25) is 0 Å². The molecule has 2 rings (SSSR count). The third-order valence-corrected chi connectivity index (χ3v) is 6.06. The van der Waals surface area contributed by atoms with Crippen molar-refractivity contribution >= 4 is 15.9 Å². The van der Waals surface area contributed by atoms with Crippen molar-refractivity contribution in [3.05, 3.63) is 17.6 Å². The van der Waals surface area contributed by atoms with Crippen LogP contribution in [0.1, 0.15) is 30.2 Å². The second-order valence-electron chi connectivity index (χ2n) is 5.80. The molecule has 0 aliphatic carbocycles. The number of aryl methyl sites for hydroxylation is 1. The van der Waals surface area contributed by atoms with Gasteiger partial charge >= 0.3 is 0 Å². The summed E-state index contributed by atoms with van der Waals surface area (Å²) in [5, 5.41) is 3.30. The molecule has 0 bridgehead atoms. The first-order valence-corrected chi connectivity index (χ1v) is 8.67. The topological polar surface area (TPSA) is 82.9 Å². The number of furan rings is 1. The number of sulfonamides is 1. The van der Waals surface area contributed by atoms with Crippen molar-refractivity contribution in [2.45, 2.75) is 37.8 Å². The molecule has 1 N–H and O–H groups in total. The summed E-state index contributed by atoms with van der Waals surface area (Å²) < 4.78 is 31.0. The number of hydrogen-bond acceptors (Lipinski definition) is 5. The lowest BCUT2D eigenvalue weighted by Crippen LogP contribution is -2.57. The summed E-state index contributed by atoms with van der Waals surface area (Å²) in [4.78, 5) is 14.4. The smallest absolute Gasteiger partial charge is 0.289 e. The SMILES string of the molecule is Cc1oc(C(=O)N2CCNC(C)C2C)cc1S(=O)(=O)N(C)C. The zero-order valence-electron chi connectivity index (χ0n) is 13.6. The molecule has 1 aromatic heterocycles. The Balaban J connectivity index is 2.33. The van der Waals surface area contributed by atoms with Crippen LogP contribution in [-0.4, -0.2) is 62.8 Å². The van der Waals surface area contributed by atoms with Crippen LogP contribution in [0.3, 0.4) is 0 Å². The standard InChI is InChI=1S/C14H23N3O4S/c1-9-10(2)17(7-6-15-9)14(18)12-8-13(11(3)21-12)22(19,20)16(4)5/h8-10,15H,6-7H2,1-5H3. The van der Waals surface area contributed by atoms with Crippen LogP contribution in [0.5, 0.6) is 0 Å². The largest absolute Gasteiger partial charge is 0.455 e. The molecule has 1 amide bonds. The molecule has 1 saturated heterocycles. The molecule has 1 fully saturated rings. The van der Waals surface area contributed by atoms with Crippen LogP contribution < -0.4 is 5.32 Å². The zero-order chi connectivity index (χ0) is 16.7. The minimum atomic E-state index is -3.62. The molecule has 0 radical (unpaired) electrons. The summed E-state index contributed by atoms with van der Waals surface area (Å²) >= 11 is 0. The van der Waals surface area contributed by atoms with E-state index in [9.17, 15) is 13.2 Å². The monoisotopic (exact) mass is 329 g/mol. The van der Waals surface area contributed by atoms with E-state index in [0.29, 0.717) is 13.1 Å². The maximum atomic E-state index is 12.6. The van der Waals surface area contributed by atoms with Gasteiger partial charge in [0.25, 0.3) is 5.91 Å². The van der Waals surface area contributed by atoms with E-state index in [-0.39, 0.29) is 34.4 Å². The van der Waals surface area contributed by atoms with Gasteiger partial charge in [-0.2, -0.15) is 0 Å². The number of nitrogens with zero attached hydrogens (tertiary/aromatic N) is 2.